The molecular weight excluding hydrogens is 450 g/mol. The van der Waals surface area contributed by atoms with E-state index in [1.807, 2.05) is 17.0 Å². The highest BCUT2D eigenvalue weighted by Gasteiger charge is 2.28. The van der Waals surface area contributed by atoms with E-state index in [0.29, 0.717) is 53.7 Å². The standard InChI is InChI=1S/C23H29N9O3/c1-14(33)17-11-16-12-25-23(27-18-4-5-19(30-29-18)31-9-6-24-7-10-31)28-20(16)21(26-17)32-8-2-3-15(13-32)22(34)35/h4-5,11-12,14-15,24,33H,2-3,6-10,13H2,1H3,(H,34,35)(H,25,27,28,29)/t14-,15?/m1/s1. The van der Waals surface area contributed by atoms with Gasteiger partial charge in [-0.25, -0.2) is 15.0 Å². The van der Waals surface area contributed by atoms with Crippen LogP contribution in [0.15, 0.2) is 24.4 Å². The summed E-state index contributed by atoms with van der Waals surface area (Å²) >= 11 is 0. The second kappa shape index (κ2) is 9.92. The molecule has 5 rings (SSSR count). The summed E-state index contributed by atoms with van der Waals surface area (Å²) in [5.41, 5.74) is 1.08. The van der Waals surface area contributed by atoms with Crippen LogP contribution in [0.25, 0.3) is 10.9 Å². The van der Waals surface area contributed by atoms with Crippen LogP contribution in [-0.4, -0.2) is 80.6 Å². The summed E-state index contributed by atoms with van der Waals surface area (Å²) < 4.78 is 0. The third-order valence-electron chi connectivity index (χ3n) is 6.40. The normalized spacial score (nSPS) is 19.5. The summed E-state index contributed by atoms with van der Waals surface area (Å²) in [6.45, 7) is 6.27. The second-order valence-electron chi connectivity index (χ2n) is 8.94. The van der Waals surface area contributed by atoms with Crippen LogP contribution in [0, 0.1) is 5.92 Å². The van der Waals surface area contributed by atoms with Crippen LogP contribution < -0.4 is 20.4 Å². The van der Waals surface area contributed by atoms with Crippen molar-refractivity contribution in [3.05, 3.63) is 30.1 Å². The lowest BCUT2D eigenvalue weighted by Gasteiger charge is -2.32. The van der Waals surface area contributed by atoms with Gasteiger partial charge in [0, 0.05) is 50.9 Å². The van der Waals surface area contributed by atoms with Crippen molar-refractivity contribution < 1.29 is 15.0 Å². The monoisotopic (exact) mass is 479 g/mol. The molecular formula is C23H29N9O3. The van der Waals surface area contributed by atoms with Gasteiger partial charge >= 0.3 is 5.97 Å². The number of hydrogen-bond acceptors (Lipinski definition) is 11. The van der Waals surface area contributed by atoms with E-state index in [4.69, 9.17) is 0 Å². The SMILES string of the molecule is C[C@@H](O)c1cc2cnc(Nc3ccc(N4CCNCC4)nn3)nc2c(N2CCCC(C(=O)O)C2)n1. The minimum atomic E-state index is -0.814. The number of carboxylic acid groups (broad SMARTS) is 1. The first-order valence-electron chi connectivity index (χ1n) is 11.9. The number of nitrogens with zero attached hydrogens (tertiary/aromatic N) is 7. The third kappa shape index (κ3) is 5.08. The van der Waals surface area contributed by atoms with Crippen LogP contribution >= 0.6 is 0 Å². The fraction of sp³-hybridized carbons (Fsp3) is 0.478. The Morgan fingerprint density at radius 1 is 1.17 bits per heavy atom. The fourth-order valence-corrected chi connectivity index (χ4v) is 4.48. The number of carbonyl (C=O) groups is 1. The molecule has 4 N–H and O–H groups in total. The average molecular weight is 480 g/mol. The molecule has 2 aliphatic rings. The molecule has 184 valence electrons. The average Bonchev–Trinajstić information content (AvgIpc) is 2.89. The molecule has 0 spiro atoms. The zero-order chi connectivity index (χ0) is 24.4. The van der Waals surface area contributed by atoms with Gasteiger partial charge in [0.05, 0.1) is 17.7 Å². The molecule has 0 saturated carbocycles. The number of carboxylic acids is 1. The Morgan fingerprint density at radius 2 is 2.00 bits per heavy atom. The number of fused-ring (bicyclic) bond motifs is 1. The minimum absolute atomic E-state index is 0.335. The van der Waals surface area contributed by atoms with Crippen LogP contribution in [0.4, 0.5) is 23.4 Å². The Kier molecular flexibility index (Phi) is 6.55. The molecule has 2 saturated heterocycles. The van der Waals surface area contributed by atoms with Crippen LogP contribution in [0.1, 0.15) is 31.6 Å². The molecule has 2 aliphatic heterocycles. The van der Waals surface area contributed by atoms with E-state index in [1.54, 1.807) is 19.2 Å². The Bertz CT molecular complexity index is 1200. The molecule has 0 aliphatic carbocycles. The zero-order valence-corrected chi connectivity index (χ0v) is 19.6. The van der Waals surface area contributed by atoms with Gasteiger partial charge in [-0.2, -0.15) is 0 Å². The van der Waals surface area contributed by atoms with Crippen molar-refractivity contribution in [2.24, 2.45) is 5.92 Å². The van der Waals surface area contributed by atoms with E-state index in [0.717, 1.165) is 38.4 Å². The van der Waals surface area contributed by atoms with Crippen molar-refractivity contribution in [2.45, 2.75) is 25.9 Å². The van der Waals surface area contributed by atoms with Gasteiger partial charge in [-0.1, -0.05) is 0 Å². The molecule has 3 aromatic heterocycles. The molecule has 5 heterocycles. The fourth-order valence-electron chi connectivity index (χ4n) is 4.48. The van der Waals surface area contributed by atoms with Crippen molar-refractivity contribution in [1.29, 1.82) is 0 Å². The lowest BCUT2D eigenvalue weighted by atomic mass is 9.98. The first kappa shape index (κ1) is 23.1. The maximum Gasteiger partial charge on any atom is 0.308 e. The summed E-state index contributed by atoms with van der Waals surface area (Å²) in [6, 6.07) is 5.52. The molecule has 0 amide bonds. The van der Waals surface area contributed by atoms with Crippen molar-refractivity contribution >= 4 is 40.3 Å². The molecule has 0 radical (unpaired) electrons. The first-order valence-corrected chi connectivity index (χ1v) is 11.9. The highest BCUT2D eigenvalue weighted by molar-refractivity contribution is 5.90. The molecule has 35 heavy (non-hydrogen) atoms. The second-order valence-corrected chi connectivity index (χ2v) is 8.94. The molecule has 12 heteroatoms. The van der Waals surface area contributed by atoms with Crippen LogP contribution in [0.2, 0.25) is 0 Å². The first-order chi connectivity index (χ1) is 17.0. The van der Waals surface area contributed by atoms with Crippen LogP contribution in [0.5, 0.6) is 0 Å². The Hall–Kier alpha value is -3.64. The Labute approximate surface area is 202 Å². The summed E-state index contributed by atoms with van der Waals surface area (Å²) in [7, 11) is 0. The summed E-state index contributed by atoms with van der Waals surface area (Å²) in [4.78, 5) is 29.5. The summed E-state index contributed by atoms with van der Waals surface area (Å²) in [6.07, 6.45) is 2.26. The number of nitrogens with one attached hydrogen (secondary N) is 2. The minimum Gasteiger partial charge on any atom is -0.481 e. The maximum absolute atomic E-state index is 11.6. The van der Waals surface area contributed by atoms with Gasteiger partial charge in [0.1, 0.15) is 5.52 Å². The van der Waals surface area contributed by atoms with Gasteiger partial charge in [0.25, 0.3) is 0 Å². The van der Waals surface area contributed by atoms with E-state index in [9.17, 15) is 15.0 Å². The topological polar surface area (TPSA) is 153 Å². The number of aromatic nitrogens is 5. The predicted molar refractivity (Wildman–Crippen MR) is 131 cm³/mol. The van der Waals surface area contributed by atoms with Gasteiger partial charge in [-0.05, 0) is 38.0 Å². The van der Waals surface area contributed by atoms with Crippen molar-refractivity contribution in [3.8, 4) is 0 Å². The van der Waals surface area contributed by atoms with E-state index in [1.165, 1.54) is 0 Å². The lowest BCUT2D eigenvalue weighted by molar-refractivity contribution is -0.141. The van der Waals surface area contributed by atoms with Gasteiger partial charge in [0.2, 0.25) is 5.95 Å². The molecule has 0 aromatic carbocycles. The molecule has 0 bridgehead atoms. The lowest BCUT2D eigenvalue weighted by Crippen LogP contribution is -2.43. The predicted octanol–water partition coefficient (Wildman–Crippen LogP) is 1.32. The number of aliphatic carboxylic acids is 1. The van der Waals surface area contributed by atoms with Crippen LogP contribution in [0.3, 0.4) is 0 Å². The Morgan fingerprint density at radius 3 is 2.71 bits per heavy atom. The smallest absolute Gasteiger partial charge is 0.308 e. The molecule has 2 fully saturated rings. The van der Waals surface area contributed by atoms with Crippen LogP contribution in [-0.2, 0) is 4.79 Å². The summed E-state index contributed by atoms with van der Waals surface area (Å²) in [5.74, 6) is 0.940. The maximum atomic E-state index is 11.6. The molecule has 12 nitrogen and oxygen atoms in total. The van der Waals surface area contributed by atoms with Gasteiger partial charge < -0.3 is 30.6 Å². The zero-order valence-electron chi connectivity index (χ0n) is 19.6. The molecule has 2 atom stereocenters. The number of piperazine rings is 1. The Balaban J connectivity index is 1.43. The van der Waals surface area contributed by atoms with Gasteiger partial charge in [-0.15, -0.1) is 10.2 Å². The van der Waals surface area contributed by atoms with E-state index in [-0.39, 0.29) is 0 Å². The van der Waals surface area contributed by atoms with E-state index in [2.05, 4.69) is 40.7 Å². The van der Waals surface area contributed by atoms with E-state index >= 15 is 0 Å². The highest BCUT2D eigenvalue weighted by Crippen LogP contribution is 2.30. The third-order valence-corrected chi connectivity index (χ3v) is 6.40. The van der Waals surface area contributed by atoms with Crippen molar-refractivity contribution in [1.82, 2.24) is 30.5 Å². The van der Waals surface area contributed by atoms with Crippen molar-refractivity contribution in [3.63, 3.8) is 0 Å². The molecule has 3 aromatic rings. The number of pyridine rings is 1. The highest BCUT2D eigenvalue weighted by atomic mass is 16.4. The molecule has 1 unspecified atom stereocenters. The van der Waals surface area contributed by atoms with Gasteiger partial charge in [-0.3, -0.25) is 4.79 Å². The number of rotatable bonds is 6. The van der Waals surface area contributed by atoms with E-state index < -0.39 is 18.0 Å². The number of anilines is 4. The summed E-state index contributed by atoms with van der Waals surface area (Å²) in [5, 5.41) is 35.4. The number of aliphatic hydroxyl groups is 1. The van der Waals surface area contributed by atoms with Crippen molar-refractivity contribution in [2.75, 3.05) is 54.4 Å². The quantitative estimate of drug-likeness (QED) is 0.403. The van der Waals surface area contributed by atoms with Gasteiger partial charge in [0.15, 0.2) is 17.5 Å². The number of hydrogen-bond donors (Lipinski definition) is 4. The largest absolute Gasteiger partial charge is 0.481 e. The number of aliphatic hydroxyl groups excluding tert-OH is 1. The number of piperidine rings is 1.